The van der Waals surface area contributed by atoms with E-state index in [2.05, 4.69) is 30.8 Å². The molecule has 2 fully saturated rings. The van der Waals surface area contributed by atoms with Gasteiger partial charge < -0.3 is 9.47 Å². The van der Waals surface area contributed by atoms with Crippen LogP contribution in [0.25, 0.3) is 16.8 Å². The Hall–Kier alpha value is -1.80. The van der Waals surface area contributed by atoms with E-state index in [0.29, 0.717) is 0 Å². The predicted molar refractivity (Wildman–Crippen MR) is 76.4 cm³/mol. The van der Waals surface area contributed by atoms with Crippen LogP contribution in [0.4, 0.5) is 0 Å². The van der Waals surface area contributed by atoms with Gasteiger partial charge in [0.1, 0.15) is 11.9 Å². The lowest BCUT2D eigenvalue weighted by atomic mass is 9.95. The van der Waals surface area contributed by atoms with Crippen molar-refractivity contribution >= 4 is 16.8 Å². The van der Waals surface area contributed by atoms with Crippen LogP contribution in [0.1, 0.15) is 30.1 Å². The molecule has 1 aliphatic carbocycles. The van der Waals surface area contributed by atoms with Crippen LogP contribution in [-0.2, 0) is 4.74 Å². The third-order valence-corrected chi connectivity index (χ3v) is 4.30. The second-order valence-electron chi connectivity index (χ2n) is 5.42. The average molecular weight is 252 g/mol. The van der Waals surface area contributed by atoms with E-state index < -0.39 is 0 Å². The average Bonchev–Trinajstić information content (AvgIpc) is 3.37. The number of methoxy groups -OCH3 is 1. The van der Waals surface area contributed by atoms with Crippen molar-refractivity contribution in [3.8, 4) is 5.75 Å². The molecule has 1 saturated carbocycles. The number of rotatable bonds is 3. The number of ether oxygens (including phenoxy) is 2. The zero-order valence-corrected chi connectivity index (χ0v) is 11.0. The quantitative estimate of drug-likeness (QED) is 0.767. The maximum absolute atomic E-state index is 5.87. The van der Waals surface area contributed by atoms with Crippen LogP contribution in [0.5, 0.6) is 5.75 Å². The first-order chi connectivity index (χ1) is 9.27. The summed E-state index contributed by atoms with van der Waals surface area (Å²) in [7, 11) is 1.69. The molecule has 1 saturated heterocycles. The van der Waals surface area contributed by atoms with Crippen molar-refractivity contribution in [2.45, 2.75) is 24.5 Å². The second-order valence-corrected chi connectivity index (χ2v) is 5.42. The van der Waals surface area contributed by atoms with Gasteiger partial charge in [-0.1, -0.05) is 30.9 Å². The van der Waals surface area contributed by atoms with Crippen LogP contribution < -0.4 is 4.74 Å². The maximum Gasteiger partial charge on any atom is 0.119 e. The maximum atomic E-state index is 5.87. The molecule has 1 heterocycles. The van der Waals surface area contributed by atoms with E-state index in [4.69, 9.17) is 9.47 Å². The Morgan fingerprint density at radius 3 is 2.79 bits per heavy atom. The Morgan fingerprint density at radius 1 is 1.32 bits per heavy atom. The van der Waals surface area contributed by atoms with E-state index in [-0.39, 0.29) is 11.7 Å². The lowest BCUT2D eigenvalue weighted by Crippen LogP contribution is -1.93. The Kier molecular flexibility index (Phi) is 2.10. The number of fused-ring (bicyclic) bond motifs is 1. The summed E-state index contributed by atoms with van der Waals surface area (Å²) in [5.41, 5.74) is 2.68. The highest BCUT2D eigenvalue weighted by molar-refractivity contribution is 5.93. The molecule has 96 valence electrons. The number of hydrogen-bond donors (Lipinski definition) is 0. The molecule has 0 unspecified atom stereocenters. The fourth-order valence-electron chi connectivity index (χ4n) is 2.98. The van der Waals surface area contributed by atoms with E-state index in [1.807, 2.05) is 12.1 Å². The van der Waals surface area contributed by atoms with E-state index in [1.54, 1.807) is 7.11 Å². The summed E-state index contributed by atoms with van der Waals surface area (Å²) < 4.78 is 11.1. The molecule has 0 radical (unpaired) electrons. The highest BCUT2D eigenvalue weighted by atomic mass is 16.6. The summed E-state index contributed by atoms with van der Waals surface area (Å²) in [4.78, 5) is 0. The molecule has 2 nitrogen and oxygen atoms in total. The third-order valence-electron chi connectivity index (χ3n) is 4.30. The first kappa shape index (κ1) is 11.1. The molecule has 2 aromatic carbocycles. The molecule has 2 heteroatoms. The van der Waals surface area contributed by atoms with Gasteiger partial charge in [-0.25, -0.2) is 0 Å². The third kappa shape index (κ3) is 1.53. The SMILES string of the molecule is C=Cc1c([C@H]2OC23CC3)ccc2cc(OC)ccc12. The van der Waals surface area contributed by atoms with Gasteiger partial charge in [0, 0.05) is 0 Å². The molecule has 1 spiro atoms. The van der Waals surface area contributed by atoms with Gasteiger partial charge in [0.2, 0.25) is 0 Å². The van der Waals surface area contributed by atoms with Crippen molar-refractivity contribution in [1.82, 2.24) is 0 Å². The van der Waals surface area contributed by atoms with Crippen LogP contribution in [0.2, 0.25) is 0 Å². The molecule has 2 aromatic rings. The van der Waals surface area contributed by atoms with Gasteiger partial charge in [-0.15, -0.1) is 0 Å². The van der Waals surface area contributed by atoms with Crippen LogP contribution in [0.15, 0.2) is 36.9 Å². The summed E-state index contributed by atoms with van der Waals surface area (Å²) in [6.07, 6.45) is 4.64. The minimum absolute atomic E-state index is 0.192. The Morgan fingerprint density at radius 2 is 2.16 bits per heavy atom. The lowest BCUT2D eigenvalue weighted by molar-refractivity contribution is 0.366. The molecule has 0 aromatic heterocycles. The molecular weight excluding hydrogens is 236 g/mol. The van der Waals surface area contributed by atoms with E-state index >= 15 is 0 Å². The minimum Gasteiger partial charge on any atom is -0.497 e. The van der Waals surface area contributed by atoms with Crippen LogP contribution in [0, 0.1) is 0 Å². The van der Waals surface area contributed by atoms with Gasteiger partial charge in [-0.2, -0.15) is 0 Å². The fourth-order valence-corrected chi connectivity index (χ4v) is 2.98. The van der Waals surface area contributed by atoms with Gasteiger partial charge in [0.25, 0.3) is 0 Å². The minimum atomic E-state index is 0.192. The number of benzene rings is 2. The van der Waals surface area contributed by atoms with Gasteiger partial charge in [-0.05, 0) is 46.9 Å². The second kappa shape index (κ2) is 3.61. The van der Waals surface area contributed by atoms with Gasteiger partial charge in [-0.3, -0.25) is 0 Å². The van der Waals surface area contributed by atoms with Crippen molar-refractivity contribution in [3.63, 3.8) is 0 Å². The molecule has 19 heavy (non-hydrogen) atoms. The first-order valence-electron chi connectivity index (χ1n) is 6.68. The van der Waals surface area contributed by atoms with Crippen molar-refractivity contribution in [1.29, 1.82) is 0 Å². The number of hydrogen-bond acceptors (Lipinski definition) is 2. The molecule has 0 bridgehead atoms. The topological polar surface area (TPSA) is 21.8 Å². The predicted octanol–water partition coefficient (Wildman–Crippen LogP) is 4.10. The normalized spacial score (nSPS) is 22.5. The zero-order valence-electron chi connectivity index (χ0n) is 11.0. The highest BCUT2D eigenvalue weighted by Gasteiger charge is 2.66. The molecule has 4 rings (SSSR count). The fraction of sp³-hybridized carbons (Fsp3) is 0.294. The van der Waals surface area contributed by atoms with Crippen molar-refractivity contribution in [2.75, 3.05) is 7.11 Å². The summed E-state index contributed by atoms with van der Waals surface area (Å²) in [5, 5.41) is 2.41. The molecule has 1 atom stereocenters. The van der Waals surface area contributed by atoms with Crippen molar-refractivity contribution < 1.29 is 9.47 Å². The summed E-state index contributed by atoms with van der Waals surface area (Å²) in [6, 6.07) is 10.5. The molecule has 1 aliphatic heterocycles. The Balaban J connectivity index is 1.89. The van der Waals surface area contributed by atoms with Crippen LogP contribution in [0.3, 0.4) is 0 Å². The van der Waals surface area contributed by atoms with Crippen molar-refractivity contribution in [2.24, 2.45) is 0 Å². The van der Waals surface area contributed by atoms with Crippen LogP contribution in [-0.4, -0.2) is 12.7 Å². The molecule has 2 aliphatic rings. The zero-order chi connectivity index (χ0) is 13.0. The summed E-state index contributed by atoms with van der Waals surface area (Å²) in [5.74, 6) is 0.886. The van der Waals surface area contributed by atoms with Crippen molar-refractivity contribution in [3.05, 3.63) is 48.0 Å². The molecular formula is C17H16O2. The first-order valence-corrected chi connectivity index (χ1v) is 6.68. The van der Waals surface area contributed by atoms with Gasteiger partial charge in [0.15, 0.2) is 0 Å². The largest absolute Gasteiger partial charge is 0.497 e. The van der Waals surface area contributed by atoms with Gasteiger partial charge >= 0.3 is 0 Å². The molecule has 0 amide bonds. The Bertz CT molecular complexity index is 683. The summed E-state index contributed by atoms with van der Waals surface area (Å²) >= 11 is 0. The standard InChI is InChI=1S/C17H16O2/c1-3-13-14-7-5-12(18-2)10-11(14)4-6-15(13)16-17(19-16)8-9-17/h3-7,10,16H,1,8-9H2,2H3/t16-/m1/s1. The summed E-state index contributed by atoms with van der Waals surface area (Å²) in [6.45, 7) is 3.98. The monoisotopic (exact) mass is 252 g/mol. The number of epoxide rings is 1. The smallest absolute Gasteiger partial charge is 0.119 e. The van der Waals surface area contributed by atoms with E-state index in [1.165, 1.54) is 34.7 Å². The Labute approximate surface area is 112 Å². The van der Waals surface area contributed by atoms with E-state index in [9.17, 15) is 0 Å². The van der Waals surface area contributed by atoms with Crippen LogP contribution >= 0.6 is 0 Å². The molecule has 0 N–H and O–H groups in total. The highest BCUT2D eigenvalue weighted by Crippen LogP contribution is 2.66. The van der Waals surface area contributed by atoms with E-state index in [0.717, 1.165) is 5.75 Å². The lowest BCUT2D eigenvalue weighted by Gasteiger charge is -2.09. The van der Waals surface area contributed by atoms with Gasteiger partial charge in [0.05, 0.1) is 12.7 Å².